The molecule has 0 aromatic heterocycles. The van der Waals surface area contributed by atoms with Crippen molar-refractivity contribution in [2.24, 2.45) is 0 Å². The summed E-state index contributed by atoms with van der Waals surface area (Å²) in [5, 5.41) is 3.20. The Morgan fingerprint density at radius 1 is 1.18 bits per heavy atom. The number of thioether (sulfide) groups is 1. The molecule has 68 valence electrons. The van der Waals surface area contributed by atoms with Crippen LogP contribution in [0.5, 0.6) is 0 Å². The third kappa shape index (κ3) is 10.2. The van der Waals surface area contributed by atoms with E-state index in [9.17, 15) is 4.39 Å². The number of alkyl halides is 1. The molecule has 0 amide bonds. The molecule has 1 N–H and O–H groups in total. The van der Waals surface area contributed by atoms with Crippen LogP contribution in [0.1, 0.15) is 19.3 Å². The Balaban J connectivity index is 2.69. The number of unbranched alkanes of at least 4 members (excludes halogenated alkanes) is 1. The molecule has 11 heavy (non-hydrogen) atoms. The molecule has 0 saturated heterocycles. The second-order valence-corrected chi connectivity index (χ2v) is 3.48. The van der Waals surface area contributed by atoms with Crippen LogP contribution in [0.4, 0.5) is 4.39 Å². The van der Waals surface area contributed by atoms with E-state index in [1.54, 1.807) is 0 Å². The van der Waals surface area contributed by atoms with E-state index >= 15 is 0 Å². The van der Waals surface area contributed by atoms with E-state index in [1.165, 1.54) is 18.6 Å². The lowest BCUT2D eigenvalue weighted by molar-refractivity contribution is 0.458. The van der Waals surface area contributed by atoms with Gasteiger partial charge in [0.15, 0.2) is 0 Å². The Labute approximate surface area is 73.1 Å². The molecule has 0 atom stereocenters. The molecule has 0 rings (SSSR count). The second-order valence-electron chi connectivity index (χ2n) is 2.49. The number of nitrogens with one attached hydrogen (secondary N) is 1. The Morgan fingerprint density at radius 3 is 2.55 bits per heavy atom. The molecule has 0 aliphatic rings. The molecule has 0 aromatic rings. The van der Waals surface area contributed by atoms with Gasteiger partial charge in [0.2, 0.25) is 0 Å². The average molecular weight is 179 g/mol. The van der Waals surface area contributed by atoms with E-state index in [-0.39, 0.29) is 6.67 Å². The fourth-order valence-electron chi connectivity index (χ4n) is 0.813. The average Bonchev–Trinajstić information content (AvgIpc) is 2.03. The monoisotopic (exact) mass is 179 g/mol. The number of hydrogen-bond acceptors (Lipinski definition) is 2. The maximum absolute atomic E-state index is 11.6. The van der Waals surface area contributed by atoms with Gasteiger partial charge in [-0.1, -0.05) is 0 Å². The van der Waals surface area contributed by atoms with Crippen LogP contribution in [-0.4, -0.2) is 31.8 Å². The summed E-state index contributed by atoms with van der Waals surface area (Å²) in [6.45, 7) is 1.67. The highest BCUT2D eigenvalue weighted by molar-refractivity contribution is 7.98. The predicted molar refractivity (Wildman–Crippen MR) is 51.1 cm³/mol. The summed E-state index contributed by atoms with van der Waals surface area (Å²) in [5.74, 6) is 1.24. The largest absolute Gasteiger partial charge is 0.317 e. The topological polar surface area (TPSA) is 12.0 Å². The highest BCUT2D eigenvalue weighted by Crippen LogP contribution is 1.97. The summed E-state index contributed by atoms with van der Waals surface area (Å²) in [7, 11) is 0. The maximum Gasteiger partial charge on any atom is 0.0906 e. The lowest BCUT2D eigenvalue weighted by atomic mass is 10.3. The van der Waals surface area contributed by atoms with Crippen molar-refractivity contribution in [3.63, 3.8) is 0 Å². The molecule has 1 nitrogen and oxygen atoms in total. The predicted octanol–water partition coefficient (Wildman–Crippen LogP) is 2.08. The molecule has 3 heteroatoms. The van der Waals surface area contributed by atoms with Gasteiger partial charge >= 0.3 is 0 Å². The van der Waals surface area contributed by atoms with Crippen molar-refractivity contribution in [2.75, 3.05) is 31.8 Å². The molecule has 0 radical (unpaired) electrons. The summed E-state index contributed by atoms with van der Waals surface area (Å²) in [6.07, 6.45) is 5.26. The standard InChI is InChI=1S/C8H18FNS/c1-11-8-3-2-6-10-7-4-5-9/h10H,2-8H2,1H3. The van der Waals surface area contributed by atoms with Crippen LogP contribution in [0, 0.1) is 0 Å². The van der Waals surface area contributed by atoms with Gasteiger partial charge in [0.05, 0.1) is 6.67 Å². The van der Waals surface area contributed by atoms with Crippen molar-refractivity contribution in [3.8, 4) is 0 Å². The van der Waals surface area contributed by atoms with Gasteiger partial charge in [0.25, 0.3) is 0 Å². The van der Waals surface area contributed by atoms with Gasteiger partial charge < -0.3 is 5.32 Å². The second kappa shape index (κ2) is 10.2. The molecule has 0 fully saturated rings. The first-order valence-electron chi connectivity index (χ1n) is 4.17. The first-order chi connectivity index (χ1) is 5.41. The molecule has 0 unspecified atom stereocenters. The van der Waals surface area contributed by atoms with Crippen LogP contribution in [-0.2, 0) is 0 Å². The Hall–Kier alpha value is 0.240. The van der Waals surface area contributed by atoms with E-state index in [2.05, 4.69) is 11.6 Å². The van der Waals surface area contributed by atoms with Gasteiger partial charge in [-0.15, -0.1) is 0 Å². The van der Waals surface area contributed by atoms with Crippen molar-refractivity contribution in [1.82, 2.24) is 5.32 Å². The quantitative estimate of drug-likeness (QED) is 0.573. The van der Waals surface area contributed by atoms with E-state index in [1.807, 2.05) is 11.8 Å². The number of rotatable bonds is 8. The third-order valence-electron chi connectivity index (χ3n) is 1.44. The highest BCUT2D eigenvalue weighted by Gasteiger charge is 1.88. The fraction of sp³-hybridized carbons (Fsp3) is 1.00. The number of halogens is 1. The summed E-state index contributed by atoms with van der Waals surface area (Å²) < 4.78 is 11.6. The zero-order chi connectivity index (χ0) is 8.36. The van der Waals surface area contributed by atoms with Crippen molar-refractivity contribution < 1.29 is 4.39 Å². The molecular weight excluding hydrogens is 161 g/mol. The molecule has 0 saturated carbocycles. The van der Waals surface area contributed by atoms with Crippen LogP contribution in [0.2, 0.25) is 0 Å². The van der Waals surface area contributed by atoms with E-state index in [0.29, 0.717) is 6.42 Å². The molecule has 0 spiro atoms. The minimum absolute atomic E-state index is 0.197. The lowest BCUT2D eigenvalue weighted by Gasteiger charge is -2.01. The molecule has 0 aromatic carbocycles. The maximum atomic E-state index is 11.6. The van der Waals surface area contributed by atoms with Gasteiger partial charge in [-0.2, -0.15) is 11.8 Å². The van der Waals surface area contributed by atoms with Gasteiger partial charge in [0, 0.05) is 0 Å². The SMILES string of the molecule is CSCCCCNCCCF. The smallest absolute Gasteiger partial charge is 0.0906 e. The van der Waals surface area contributed by atoms with Crippen molar-refractivity contribution >= 4 is 11.8 Å². The van der Waals surface area contributed by atoms with Crippen LogP contribution in [0.3, 0.4) is 0 Å². The van der Waals surface area contributed by atoms with E-state index in [0.717, 1.165) is 13.1 Å². The normalized spacial score (nSPS) is 10.4. The van der Waals surface area contributed by atoms with Gasteiger partial charge in [0.1, 0.15) is 0 Å². The summed E-state index contributed by atoms with van der Waals surface area (Å²) in [4.78, 5) is 0. The first-order valence-corrected chi connectivity index (χ1v) is 5.57. The van der Waals surface area contributed by atoms with Crippen LogP contribution in [0.15, 0.2) is 0 Å². The Morgan fingerprint density at radius 2 is 1.91 bits per heavy atom. The van der Waals surface area contributed by atoms with Gasteiger partial charge in [-0.25, -0.2) is 0 Å². The van der Waals surface area contributed by atoms with Crippen molar-refractivity contribution in [1.29, 1.82) is 0 Å². The minimum atomic E-state index is -0.197. The highest BCUT2D eigenvalue weighted by atomic mass is 32.2. The molecular formula is C8H18FNS. The summed E-state index contributed by atoms with van der Waals surface area (Å²) in [5.41, 5.74) is 0. The van der Waals surface area contributed by atoms with Crippen LogP contribution >= 0.6 is 11.8 Å². The van der Waals surface area contributed by atoms with Crippen LogP contribution in [0.25, 0.3) is 0 Å². The lowest BCUT2D eigenvalue weighted by Crippen LogP contribution is -2.17. The molecule has 0 aliphatic carbocycles. The summed E-state index contributed by atoms with van der Waals surface area (Å²) in [6, 6.07) is 0. The first kappa shape index (κ1) is 11.2. The Kier molecular flexibility index (Phi) is 10.5. The van der Waals surface area contributed by atoms with E-state index < -0.39 is 0 Å². The molecule has 0 bridgehead atoms. The van der Waals surface area contributed by atoms with Gasteiger partial charge in [-0.05, 0) is 44.4 Å². The molecule has 0 heterocycles. The zero-order valence-electron chi connectivity index (χ0n) is 7.24. The molecule has 0 aliphatic heterocycles. The third-order valence-corrected chi connectivity index (χ3v) is 2.14. The zero-order valence-corrected chi connectivity index (χ0v) is 8.05. The minimum Gasteiger partial charge on any atom is -0.317 e. The summed E-state index contributed by atoms with van der Waals surface area (Å²) >= 11 is 1.88. The van der Waals surface area contributed by atoms with Gasteiger partial charge in [-0.3, -0.25) is 4.39 Å². The van der Waals surface area contributed by atoms with Crippen molar-refractivity contribution in [3.05, 3.63) is 0 Å². The van der Waals surface area contributed by atoms with Crippen LogP contribution < -0.4 is 5.32 Å². The Bertz CT molecular complexity index is 63.1. The fourth-order valence-corrected chi connectivity index (χ4v) is 1.31. The number of hydrogen-bond donors (Lipinski definition) is 1. The van der Waals surface area contributed by atoms with Crippen molar-refractivity contribution in [2.45, 2.75) is 19.3 Å². The van der Waals surface area contributed by atoms with E-state index in [4.69, 9.17) is 0 Å².